The number of piperidine rings is 2. The predicted octanol–water partition coefficient (Wildman–Crippen LogP) is 3.71. The van der Waals surface area contributed by atoms with Crippen LogP contribution in [-0.2, 0) is 16.1 Å². The number of imide groups is 2. The molecule has 2 atom stereocenters. The molecular weight excluding hydrogens is 748 g/mol. The highest BCUT2D eigenvalue weighted by Crippen LogP contribution is 2.35. The van der Waals surface area contributed by atoms with Crippen molar-refractivity contribution >= 4 is 57.5 Å². The van der Waals surface area contributed by atoms with Crippen LogP contribution >= 0.6 is 0 Å². The molecule has 300 valence electrons. The number of ether oxygens (including phenoxy) is 1. The van der Waals surface area contributed by atoms with Gasteiger partial charge in [0.1, 0.15) is 23.5 Å². The van der Waals surface area contributed by atoms with E-state index >= 15 is 4.39 Å². The smallest absolute Gasteiger partial charge is 0.262 e. The number of hydrogen-bond acceptors (Lipinski definition) is 11. The summed E-state index contributed by atoms with van der Waals surface area (Å²) in [4.78, 5) is 73.5. The van der Waals surface area contributed by atoms with Crippen molar-refractivity contribution in [3.8, 4) is 5.75 Å². The van der Waals surface area contributed by atoms with Crippen LogP contribution in [0.2, 0.25) is 0 Å². The first-order valence-electron chi connectivity index (χ1n) is 19.7. The van der Waals surface area contributed by atoms with Crippen molar-refractivity contribution in [2.75, 3.05) is 42.9 Å². The van der Waals surface area contributed by atoms with E-state index in [1.807, 2.05) is 19.9 Å². The van der Waals surface area contributed by atoms with Crippen LogP contribution in [0.15, 0.2) is 61.2 Å². The van der Waals surface area contributed by atoms with E-state index in [9.17, 15) is 24.0 Å². The van der Waals surface area contributed by atoms with Gasteiger partial charge >= 0.3 is 0 Å². The number of amides is 5. The molecule has 0 spiro atoms. The normalized spacial score (nSPS) is 19.9. The van der Waals surface area contributed by atoms with Crippen molar-refractivity contribution in [1.82, 2.24) is 39.5 Å². The third-order valence-corrected chi connectivity index (χ3v) is 11.6. The van der Waals surface area contributed by atoms with Gasteiger partial charge in [-0.2, -0.15) is 10.2 Å². The fourth-order valence-electron chi connectivity index (χ4n) is 8.57. The summed E-state index contributed by atoms with van der Waals surface area (Å²) in [6, 6.07) is 9.51. The fourth-order valence-corrected chi connectivity index (χ4v) is 8.57. The number of nitrogens with zero attached hydrogens (tertiary/aromatic N) is 8. The maximum atomic E-state index is 15.8. The number of alkyl halides is 1. The Morgan fingerprint density at radius 1 is 1.03 bits per heavy atom. The minimum absolute atomic E-state index is 0.0754. The zero-order valence-corrected chi connectivity index (χ0v) is 32.1. The maximum Gasteiger partial charge on any atom is 0.262 e. The molecule has 5 aromatic rings. The number of benzene rings is 2. The summed E-state index contributed by atoms with van der Waals surface area (Å²) < 4.78 is 25.1. The Kier molecular flexibility index (Phi) is 9.62. The van der Waals surface area contributed by atoms with Crippen LogP contribution in [0.3, 0.4) is 0 Å². The molecule has 7 heterocycles. The molecule has 5 amide bonds. The van der Waals surface area contributed by atoms with Crippen LogP contribution in [0.1, 0.15) is 70.6 Å². The van der Waals surface area contributed by atoms with Crippen molar-refractivity contribution in [2.24, 2.45) is 11.8 Å². The number of carbonyl (C=O) groups is 5. The molecular formula is C41H43FN10O6. The van der Waals surface area contributed by atoms with Gasteiger partial charge in [0.25, 0.3) is 17.7 Å². The number of carbonyl (C=O) groups excluding carboxylic acids is 5. The molecule has 4 aliphatic rings. The summed E-state index contributed by atoms with van der Waals surface area (Å²) in [5, 5.41) is 14.8. The third-order valence-electron chi connectivity index (χ3n) is 11.6. The van der Waals surface area contributed by atoms with Crippen molar-refractivity contribution in [1.29, 1.82) is 0 Å². The molecule has 9 rings (SSSR count). The van der Waals surface area contributed by atoms with Gasteiger partial charge in [0.05, 0.1) is 41.2 Å². The Bertz CT molecular complexity index is 2470. The van der Waals surface area contributed by atoms with Gasteiger partial charge in [0, 0.05) is 67.7 Å². The zero-order valence-electron chi connectivity index (χ0n) is 32.1. The van der Waals surface area contributed by atoms with Crippen molar-refractivity contribution in [2.45, 2.75) is 64.4 Å². The standard InChI is InChI=1S/C41H43FN10O6/c1-23(2)58-35-16-32-26(14-33(35)45-38(54)30-17-44-51-11-3-10-43-37(30)51)21-50(47-32)22-31(42)25-8-12-48(13-9-25)18-24-19-49(20-24)27-4-5-28-29(15-27)41(57)52(40(28)56)34-6-7-36(53)46-39(34)55/h3-5,10-11,14-17,21,23-25,31,34H,6-9,12-13,18-20,22H2,1-2H3,(H,45,54)(H,46,53,55)/t31-,34?/m1/s1. The lowest BCUT2D eigenvalue weighted by Crippen LogP contribution is -2.54. The second-order valence-corrected chi connectivity index (χ2v) is 15.9. The van der Waals surface area contributed by atoms with Gasteiger partial charge in [-0.3, -0.25) is 38.9 Å². The Balaban J connectivity index is 0.773. The number of rotatable bonds is 11. The van der Waals surface area contributed by atoms with E-state index in [2.05, 4.69) is 35.6 Å². The lowest BCUT2D eigenvalue weighted by atomic mass is 9.90. The van der Waals surface area contributed by atoms with Crippen LogP contribution in [-0.4, -0.2) is 115 Å². The summed E-state index contributed by atoms with van der Waals surface area (Å²) >= 11 is 0. The Morgan fingerprint density at radius 2 is 1.83 bits per heavy atom. The van der Waals surface area contributed by atoms with Crippen LogP contribution < -0.4 is 20.3 Å². The summed E-state index contributed by atoms with van der Waals surface area (Å²) in [5.74, 6) is -1.66. The predicted molar refractivity (Wildman–Crippen MR) is 209 cm³/mol. The minimum Gasteiger partial charge on any atom is -0.489 e. The van der Waals surface area contributed by atoms with Gasteiger partial charge in [-0.05, 0) is 82.4 Å². The van der Waals surface area contributed by atoms with Gasteiger partial charge in [0.2, 0.25) is 11.8 Å². The van der Waals surface area contributed by atoms with E-state index in [1.165, 1.54) is 10.7 Å². The highest BCUT2D eigenvalue weighted by molar-refractivity contribution is 6.23. The molecule has 3 saturated heterocycles. The monoisotopic (exact) mass is 790 g/mol. The highest BCUT2D eigenvalue weighted by Gasteiger charge is 2.45. The number of fused-ring (bicyclic) bond motifs is 3. The van der Waals surface area contributed by atoms with Gasteiger partial charge in [-0.1, -0.05) is 0 Å². The number of nitrogens with one attached hydrogen (secondary N) is 2. The molecule has 3 fully saturated rings. The van der Waals surface area contributed by atoms with E-state index in [4.69, 9.17) is 4.74 Å². The number of halogens is 1. The number of likely N-dealkylation sites (tertiary alicyclic amines) is 1. The summed E-state index contributed by atoms with van der Waals surface area (Å²) in [6.45, 7) is 8.00. The second kappa shape index (κ2) is 14.9. The Hall–Kier alpha value is -6.23. The summed E-state index contributed by atoms with van der Waals surface area (Å²) in [6.07, 6.45) is 7.02. The van der Waals surface area contributed by atoms with Crippen molar-refractivity contribution in [3.05, 3.63) is 77.9 Å². The number of hydrogen-bond donors (Lipinski definition) is 2. The van der Waals surface area contributed by atoms with Gasteiger partial charge in [-0.15, -0.1) is 0 Å². The molecule has 0 aliphatic carbocycles. The molecule has 2 aromatic carbocycles. The number of aromatic nitrogens is 5. The molecule has 17 heteroatoms. The SMILES string of the molecule is CC(C)Oc1cc2nn(C[C@@H](F)C3CCN(CC4CN(c5ccc6c(c5)C(=O)N(C5CCC(=O)NC5=O)C6=O)C4)CC3)cc2cc1NC(=O)c1cnn2cccnc12. The first-order chi connectivity index (χ1) is 28.0. The van der Waals surface area contributed by atoms with Crippen LogP contribution in [0.5, 0.6) is 5.75 Å². The topological polar surface area (TPSA) is 176 Å². The first-order valence-corrected chi connectivity index (χ1v) is 19.7. The van der Waals surface area contributed by atoms with Crippen LogP contribution in [0.4, 0.5) is 15.8 Å². The molecule has 0 radical (unpaired) electrons. The number of anilines is 2. The van der Waals surface area contributed by atoms with Crippen molar-refractivity contribution < 1.29 is 33.1 Å². The van der Waals surface area contributed by atoms with E-state index < -0.39 is 35.8 Å². The van der Waals surface area contributed by atoms with Gasteiger partial charge < -0.3 is 19.9 Å². The summed E-state index contributed by atoms with van der Waals surface area (Å²) in [7, 11) is 0. The molecule has 3 aromatic heterocycles. The second-order valence-electron chi connectivity index (χ2n) is 15.9. The quantitative estimate of drug-likeness (QED) is 0.187. The Morgan fingerprint density at radius 3 is 2.60 bits per heavy atom. The van der Waals surface area contributed by atoms with Crippen LogP contribution in [0, 0.1) is 11.8 Å². The Labute approximate surface area is 332 Å². The lowest BCUT2D eigenvalue weighted by molar-refractivity contribution is -0.136. The van der Waals surface area contributed by atoms with E-state index in [0.717, 1.165) is 61.5 Å². The minimum atomic E-state index is -1.08. The van der Waals surface area contributed by atoms with Gasteiger partial charge in [0.15, 0.2) is 5.65 Å². The lowest BCUT2D eigenvalue weighted by Gasteiger charge is -2.44. The third kappa shape index (κ3) is 7.03. The molecule has 2 N–H and O–H groups in total. The molecule has 16 nitrogen and oxygen atoms in total. The molecule has 58 heavy (non-hydrogen) atoms. The molecule has 0 bridgehead atoms. The summed E-state index contributed by atoms with van der Waals surface area (Å²) in [5.41, 5.74) is 3.25. The van der Waals surface area contributed by atoms with E-state index in [0.29, 0.717) is 34.1 Å². The fraction of sp³-hybridized carbons (Fsp3) is 0.415. The first kappa shape index (κ1) is 37.4. The van der Waals surface area contributed by atoms with Crippen LogP contribution in [0.25, 0.3) is 16.6 Å². The molecule has 4 aliphatic heterocycles. The molecule has 1 unspecified atom stereocenters. The van der Waals surface area contributed by atoms with E-state index in [-0.39, 0.29) is 48.4 Å². The molecule has 0 saturated carbocycles. The van der Waals surface area contributed by atoms with Crippen molar-refractivity contribution in [3.63, 3.8) is 0 Å². The van der Waals surface area contributed by atoms with E-state index in [1.54, 1.807) is 53.6 Å². The maximum absolute atomic E-state index is 15.8. The largest absolute Gasteiger partial charge is 0.489 e. The zero-order chi connectivity index (χ0) is 40.2. The average Bonchev–Trinajstić information content (AvgIpc) is 3.86. The average molecular weight is 791 g/mol. The van der Waals surface area contributed by atoms with Gasteiger partial charge in [-0.25, -0.2) is 13.9 Å². The highest BCUT2D eigenvalue weighted by atomic mass is 19.1.